The predicted molar refractivity (Wildman–Crippen MR) is 93.3 cm³/mol. The van der Waals surface area contributed by atoms with Gasteiger partial charge >= 0.3 is 7.12 Å². The summed E-state index contributed by atoms with van der Waals surface area (Å²) in [4.78, 5) is 0. The van der Waals surface area contributed by atoms with Crippen LogP contribution < -0.4 is 0 Å². The average molecular weight is 396 g/mol. The van der Waals surface area contributed by atoms with Crippen LogP contribution in [-0.2, 0) is 14.9 Å². The molecule has 4 rings (SSSR count). The third-order valence-electron chi connectivity index (χ3n) is 6.83. The van der Waals surface area contributed by atoms with Gasteiger partial charge in [-0.3, -0.25) is 0 Å². The van der Waals surface area contributed by atoms with E-state index in [2.05, 4.69) is 73.7 Å². The Hall–Kier alpha value is -0.0651. The zero-order valence-corrected chi connectivity index (χ0v) is 15.1. The zero-order valence-electron chi connectivity index (χ0n) is 12.9. The molecule has 0 radical (unpaired) electrons. The lowest BCUT2D eigenvalue weighted by molar-refractivity contribution is -0.0803. The highest BCUT2D eigenvalue weighted by atomic mass is 127. The maximum absolute atomic E-state index is 6.65. The van der Waals surface area contributed by atoms with Gasteiger partial charge in [-0.15, -0.1) is 0 Å². The van der Waals surface area contributed by atoms with Gasteiger partial charge in [0.2, 0.25) is 0 Å². The quantitative estimate of drug-likeness (QED) is 0.424. The second-order valence-corrected chi connectivity index (χ2v) is 8.44. The van der Waals surface area contributed by atoms with Crippen LogP contribution >= 0.6 is 22.6 Å². The number of hydrogen-bond acceptors (Lipinski definition) is 2. The van der Waals surface area contributed by atoms with Gasteiger partial charge in [0.25, 0.3) is 0 Å². The van der Waals surface area contributed by atoms with Gasteiger partial charge in [-0.25, -0.2) is 0 Å². The van der Waals surface area contributed by atoms with Gasteiger partial charge in [0.15, 0.2) is 0 Å². The minimum absolute atomic E-state index is 0.0631. The summed E-state index contributed by atoms with van der Waals surface area (Å²) in [6.07, 6.45) is 2.70. The first-order valence-electron chi connectivity index (χ1n) is 7.92. The van der Waals surface area contributed by atoms with Crippen molar-refractivity contribution in [1.82, 2.24) is 0 Å². The van der Waals surface area contributed by atoms with Crippen LogP contribution in [0.2, 0.25) is 0 Å². The first-order chi connectivity index (χ1) is 9.97. The summed E-state index contributed by atoms with van der Waals surface area (Å²) in [5.41, 5.74) is 1.43. The largest absolute Gasteiger partial charge is 0.468 e. The van der Waals surface area contributed by atoms with Crippen molar-refractivity contribution in [2.45, 2.75) is 45.3 Å². The molecule has 3 aliphatic rings. The highest BCUT2D eigenvalue weighted by Gasteiger charge is 2.78. The Morgan fingerprint density at radius 3 is 2.62 bits per heavy atom. The third-order valence-corrected chi connectivity index (χ3v) is 7.55. The lowest BCUT2D eigenvalue weighted by atomic mass is 9.61. The van der Waals surface area contributed by atoms with Crippen molar-refractivity contribution in [1.29, 1.82) is 0 Å². The van der Waals surface area contributed by atoms with Crippen molar-refractivity contribution in [3.63, 3.8) is 0 Å². The zero-order chi connectivity index (χ0) is 14.9. The SMILES string of the molecule is CC1(C)[C@@H]2CC[C@@]1(C)[C@]1(c3ccccc3)OB(CI)O[C@H]21. The molecule has 0 N–H and O–H groups in total. The van der Waals surface area contributed by atoms with E-state index in [1.165, 1.54) is 18.4 Å². The topological polar surface area (TPSA) is 18.5 Å². The Kier molecular flexibility index (Phi) is 3.10. The van der Waals surface area contributed by atoms with Crippen LogP contribution in [0.5, 0.6) is 0 Å². The van der Waals surface area contributed by atoms with Crippen molar-refractivity contribution in [2.24, 2.45) is 16.7 Å². The van der Waals surface area contributed by atoms with Crippen molar-refractivity contribution in [3.05, 3.63) is 35.9 Å². The van der Waals surface area contributed by atoms with Gasteiger partial charge in [0.05, 0.1) is 6.10 Å². The summed E-state index contributed by atoms with van der Waals surface area (Å²) in [5, 5.41) is 0. The molecule has 2 aliphatic carbocycles. The van der Waals surface area contributed by atoms with E-state index in [0.29, 0.717) is 5.92 Å². The Labute approximate surface area is 141 Å². The standard InChI is InChI=1S/C17H22BIO2/c1-15(2)13-9-10-16(15,3)17(12-7-5-4-6-8-12)14(13)20-18(11-19)21-17/h4-8,13-14H,9-11H2,1-3H3/t13-,14-,16-,17-/m1/s1. The molecule has 2 nitrogen and oxygen atoms in total. The molecule has 1 heterocycles. The molecule has 2 bridgehead atoms. The Morgan fingerprint density at radius 1 is 1.24 bits per heavy atom. The molecule has 0 aromatic heterocycles. The fraction of sp³-hybridized carbons (Fsp3) is 0.647. The van der Waals surface area contributed by atoms with Crippen molar-refractivity contribution in [2.75, 3.05) is 4.33 Å². The summed E-state index contributed by atoms with van der Waals surface area (Å²) in [5.74, 6) is 0.593. The fourth-order valence-corrected chi connectivity index (χ4v) is 5.81. The van der Waals surface area contributed by atoms with Crippen LogP contribution in [0, 0.1) is 16.7 Å². The van der Waals surface area contributed by atoms with E-state index in [4.69, 9.17) is 9.31 Å². The molecule has 0 amide bonds. The number of fused-ring (bicyclic) bond motifs is 5. The lowest BCUT2D eigenvalue weighted by Crippen LogP contribution is -2.50. The van der Waals surface area contributed by atoms with Crippen molar-refractivity contribution in [3.8, 4) is 0 Å². The summed E-state index contributed by atoms with van der Waals surface area (Å²) in [6.45, 7) is 7.26. The maximum atomic E-state index is 6.65. The van der Waals surface area contributed by atoms with Crippen LogP contribution in [0.4, 0.5) is 0 Å². The molecular weight excluding hydrogens is 374 g/mol. The molecule has 112 valence electrons. The van der Waals surface area contributed by atoms with Crippen LogP contribution in [-0.4, -0.2) is 17.5 Å². The molecule has 3 fully saturated rings. The molecular formula is C17H22BIO2. The molecule has 4 heteroatoms. The van der Waals surface area contributed by atoms with Gasteiger partial charge in [0, 0.05) is 9.74 Å². The van der Waals surface area contributed by atoms with E-state index in [1.807, 2.05) is 0 Å². The smallest absolute Gasteiger partial charge is 0.404 e. The minimum atomic E-state index is -0.267. The van der Waals surface area contributed by atoms with Gasteiger partial charge in [-0.1, -0.05) is 73.7 Å². The maximum Gasteiger partial charge on any atom is 0.468 e. The number of rotatable bonds is 2. The summed E-state index contributed by atoms with van der Waals surface area (Å²) >= 11 is 2.37. The molecule has 1 saturated heterocycles. The normalized spacial score (nSPS) is 43.3. The minimum Gasteiger partial charge on any atom is -0.404 e. The molecule has 4 atom stereocenters. The monoisotopic (exact) mass is 396 g/mol. The molecule has 1 aromatic carbocycles. The van der Waals surface area contributed by atoms with Crippen LogP contribution in [0.3, 0.4) is 0 Å². The summed E-state index contributed by atoms with van der Waals surface area (Å²) < 4.78 is 13.9. The van der Waals surface area contributed by atoms with Gasteiger partial charge in [0.1, 0.15) is 5.60 Å². The first-order valence-corrected chi connectivity index (χ1v) is 9.45. The van der Waals surface area contributed by atoms with Gasteiger partial charge in [-0.05, 0) is 29.7 Å². The molecule has 1 aliphatic heterocycles. The molecule has 1 aromatic rings. The highest BCUT2D eigenvalue weighted by molar-refractivity contribution is 14.1. The van der Waals surface area contributed by atoms with E-state index >= 15 is 0 Å². The van der Waals surface area contributed by atoms with Crippen molar-refractivity contribution >= 4 is 29.7 Å². The van der Waals surface area contributed by atoms with E-state index in [0.717, 1.165) is 4.33 Å². The van der Waals surface area contributed by atoms with E-state index in [1.54, 1.807) is 0 Å². The van der Waals surface area contributed by atoms with Crippen LogP contribution in [0.1, 0.15) is 39.2 Å². The van der Waals surface area contributed by atoms with Crippen LogP contribution in [0.15, 0.2) is 30.3 Å². The highest BCUT2D eigenvalue weighted by Crippen LogP contribution is 2.76. The Balaban J connectivity index is 1.92. The number of alkyl halides is 1. The molecule has 0 unspecified atom stereocenters. The average Bonchev–Trinajstić information content (AvgIpc) is 3.03. The fourth-order valence-electron chi connectivity index (χ4n) is 5.42. The van der Waals surface area contributed by atoms with Crippen molar-refractivity contribution < 1.29 is 9.31 Å². The van der Waals surface area contributed by atoms with Gasteiger partial charge < -0.3 is 9.31 Å². The first kappa shape index (κ1) is 14.5. The van der Waals surface area contributed by atoms with Crippen LogP contribution in [0.25, 0.3) is 0 Å². The van der Waals surface area contributed by atoms with Gasteiger partial charge in [-0.2, -0.15) is 0 Å². The van der Waals surface area contributed by atoms with E-state index in [9.17, 15) is 0 Å². The molecule has 21 heavy (non-hydrogen) atoms. The Bertz CT molecular complexity index is 563. The molecule has 2 saturated carbocycles. The van der Waals surface area contributed by atoms with E-state index < -0.39 is 0 Å². The van der Waals surface area contributed by atoms with E-state index in [-0.39, 0.29) is 29.7 Å². The predicted octanol–water partition coefficient (Wildman–Crippen LogP) is 4.22. The number of hydrogen-bond donors (Lipinski definition) is 0. The summed E-state index contributed by atoms with van der Waals surface area (Å²) in [6, 6.07) is 10.8. The second-order valence-electron chi connectivity index (χ2n) is 7.56. The molecule has 0 spiro atoms. The number of halogens is 1. The lowest BCUT2D eigenvalue weighted by Gasteiger charge is -2.48. The second kappa shape index (κ2) is 4.48. The Morgan fingerprint density at radius 2 is 1.95 bits per heavy atom. The number of benzene rings is 1. The third kappa shape index (κ3) is 1.52. The summed E-state index contributed by atoms with van der Waals surface area (Å²) in [7, 11) is -0.0631.